The third-order valence-corrected chi connectivity index (χ3v) is 6.51. The second-order valence-electron chi connectivity index (χ2n) is 9.88. The molecule has 4 rings (SSSR count). The highest BCUT2D eigenvalue weighted by Gasteiger charge is 2.27. The summed E-state index contributed by atoms with van der Waals surface area (Å²) < 4.78 is 12.2. The van der Waals surface area contributed by atoms with Crippen LogP contribution in [-0.2, 0) is 40.4 Å². The fraction of sp³-hybridized carbons (Fsp3) is 0.206. The highest BCUT2D eigenvalue weighted by atomic mass is 16.5. The van der Waals surface area contributed by atoms with Crippen LogP contribution in [-0.4, -0.2) is 35.0 Å². The summed E-state index contributed by atoms with van der Waals surface area (Å²) in [4.78, 5) is 37.2. The molecule has 0 bridgehead atoms. The lowest BCUT2D eigenvalue weighted by molar-refractivity contribution is -0.142. The third-order valence-electron chi connectivity index (χ3n) is 6.51. The van der Waals surface area contributed by atoms with Gasteiger partial charge in [-0.25, -0.2) is 4.79 Å². The standard InChI is InChI=1S/C34H34N2O6/c1-24(37)35-29(19-25-11-5-2-6-12-25)33(38)36-30(34(39)40)20-28-17-18-31(41-22-26-13-7-3-8-14-26)32(21-28)42-23-27-15-9-4-10-16-27/h2-18,21,29-30H,19-20,22-23H2,1H3,(H,35,37)(H,36,38)(H,39,40)/t29-,30-/m0/s1. The first-order chi connectivity index (χ1) is 20.4. The highest BCUT2D eigenvalue weighted by molar-refractivity contribution is 5.90. The zero-order valence-electron chi connectivity index (χ0n) is 23.4. The Hall–Kier alpha value is -5.11. The van der Waals surface area contributed by atoms with Crippen LogP contribution in [0.1, 0.15) is 29.2 Å². The number of ether oxygens (including phenoxy) is 2. The van der Waals surface area contributed by atoms with Crippen molar-refractivity contribution >= 4 is 17.8 Å². The van der Waals surface area contributed by atoms with Crippen molar-refractivity contribution in [1.82, 2.24) is 10.6 Å². The molecule has 0 heterocycles. The number of rotatable bonds is 14. The van der Waals surface area contributed by atoms with E-state index in [2.05, 4.69) is 10.6 Å². The van der Waals surface area contributed by atoms with E-state index in [1.54, 1.807) is 18.2 Å². The van der Waals surface area contributed by atoms with Gasteiger partial charge >= 0.3 is 5.97 Å². The number of carbonyl (C=O) groups is 3. The summed E-state index contributed by atoms with van der Waals surface area (Å²) in [5.41, 5.74) is 3.44. The minimum atomic E-state index is -1.23. The van der Waals surface area contributed by atoms with Crippen LogP contribution < -0.4 is 20.1 Å². The predicted molar refractivity (Wildman–Crippen MR) is 159 cm³/mol. The Morgan fingerprint density at radius 1 is 0.619 bits per heavy atom. The number of nitrogens with one attached hydrogen (secondary N) is 2. The van der Waals surface area contributed by atoms with Gasteiger partial charge in [-0.2, -0.15) is 0 Å². The van der Waals surface area contributed by atoms with Gasteiger partial charge in [0, 0.05) is 19.8 Å². The lowest BCUT2D eigenvalue weighted by Gasteiger charge is -2.22. The summed E-state index contributed by atoms with van der Waals surface area (Å²) in [7, 11) is 0. The summed E-state index contributed by atoms with van der Waals surface area (Å²) in [6.45, 7) is 1.95. The molecule has 0 radical (unpaired) electrons. The van der Waals surface area contributed by atoms with E-state index in [1.165, 1.54) is 6.92 Å². The average molecular weight is 567 g/mol. The van der Waals surface area contributed by atoms with Crippen molar-refractivity contribution in [3.8, 4) is 11.5 Å². The molecular weight excluding hydrogens is 532 g/mol. The molecule has 4 aromatic carbocycles. The van der Waals surface area contributed by atoms with Crippen molar-refractivity contribution in [2.24, 2.45) is 0 Å². The number of carboxylic acid groups (broad SMARTS) is 1. The molecule has 2 amide bonds. The van der Waals surface area contributed by atoms with Gasteiger partial charge in [0.2, 0.25) is 11.8 Å². The maximum Gasteiger partial charge on any atom is 0.326 e. The summed E-state index contributed by atoms with van der Waals surface area (Å²) >= 11 is 0. The van der Waals surface area contributed by atoms with Gasteiger partial charge < -0.3 is 25.2 Å². The van der Waals surface area contributed by atoms with E-state index < -0.39 is 24.0 Å². The molecule has 216 valence electrons. The molecular formula is C34H34N2O6. The molecule has 3 N–H and O–H groups in total. The molecule has 2 atom stereocenters. The van der Waals surface area contributed by atoms with Crippen LogP contribution in [0.3, 0.4) is 0 Å². The molecule has 8 heteroatoms. The number of hydrogen-bond acceptors (Lipinski definition) is 5. The maximum atomic E-state index is 13.2. The summed E-state index contributed by atoms with van der Waals surface area (Å²) in [5.74, 6) is -1.18. The molecule has 8 nitrogen and oxygen atoms in total. The lowest BCUT2D eigenvalue weighted by Crippen LogP contribution is -2.52. The van der Waals surface area contributed by atoms with E-state index in [-0.39, 0.29) is 18.7 Å². The number of amides is 2. The first kappa shape index (κ1) is 29.9. The molecule has 0 spiro atoms. The van der Waals surface area contributed by atoms with Crippen LogP contribution in [0.4, 0.5) is 0 Å². The zero-order chi connectivity index (χ0) is 29.7. The molecule has 0 saturated heterocycles. The smallest absolute Gasteiger partial charge is 0.326 e. The number of carbonyl (C=O) groups excluding carboxylic acids is 2. The van der Waals surface area contributed by atoms with Crippen LogP contribution in [0.15, 0.2) is 109 Å². The van der Waals surface area contributed by atoms with Gasteiger partial charge in [-0.3, -0.25) is 9.59 Å². The van der Waals surface area contributed by atoms with Crippen molar-refractivity contribution in [2.45, 2.75) is 45.1 Å². The normalized spacial score (nSPS) is 12.0. The Balaban J connectivity index is 1.50. The predicted octanol–water partition coefficient (Wildman–Crippen LogP) is 4.70. The van der Waals surface area contributed by atoms with Gasteiger partial charge in [-0.1, -0.05) is 97.1 Å². The summed E-state index contributed by atoms with van der Waals surface area (Å²) in [6.07, 6.45) is 0.226. The van der Waals surface area contributed by atoms with E-state index >= 15 is 0 Å². The van der Waals surface area contributed by atoms with Crippen LogP contribution in [0.5, 0.6) is 11.5 Å². The van der Waals surface area contributed by atoms with Crippen molar-refractivity contribution in [2.75, 3.05) is 0 Å². The van der Waals surface area contributed by atoms with Crippen molar-refractivity contribution in [3.63, 3.8) is 0 Å². The molecule has 0 aromatic heterocycles. The number of aliphatic carboxylic acids is 1. The molecule has 0 aliphatic carbocycles. The van der Waals surface area contributed by atoms with E-state index in [0.717, 1.165) is 16.7 Å². The second-order valence-corrected chi connectivity index (χ2v) is 9.88. The molecule has 0 aliphatic heterocycles. The van der Waals surface area contributed by atoms with Crippen LogP contribution in [0.25, 0.3) is 0 Å². The van der Waals surface area contributed by atoms with E-state index in [1.807, 2.05) is 91.0 Å². The zero-order valence-corrected chi connectivity index (χ0v) is 23.4. The van der Waals surface area contributed by atoms with Gasteiger partial charge in [0.1, 0.15) is 25.3 Å². The fourth-order valence-electron chi connectivity index (χ4n) is 4.39. The largest absolute Gasteiger partial charge is 0.485 e. The number of hydrogen-bond donors (Lipinski definition) is 3. The Morgan fingerprint density at radius 3 is 1.64 bits per heavy atom. The molecule has 42 heavy (non-hydrogen) atoms. The molecule has 0 unspecified atom stereocenters. The van der Waals surface area contributed by atoms with Gasteiger partial charge in [-0.05, 0) is 34.4 Å². The fourth-order valence-corrected chi connectivity index (χ4v) is 4.39. The van der Waals surface area contributed by atoms with Gasteiger partial charge in [0.05, 0.1) is 0 Å². The van der Waals surface area contributed by atoms with Crippen LogP contribution in [0.2, 0.25) is 0 Å². The van der Waals surface area contributed by atoms with Gasteiger partial charge in [0.15, 0.2) is 11.5 Å². The van der Waals surface area contributed by atoms with Crippen molar-refractivity contribution < 1.29 is 29.0 Å². The van der Waals surface area contributed by atoms with Crippen LogP contribution in [0, 0.1) is 0 Å². The minimum Gasteiger partial charge on any atom is -0.485 e. The quantitative estimate of drug-likeness (QED) is 0.204. The topological polar surface area (TPSA) is 114 Å². The van der Waals surface area contributed by atoms with Crippen molar-refractivity contribution in [1.29, 1.82) is 0 Å². The number of benzene rings is 4. The molecule has 0 aliphatic rings. The van der Waals surface area contributed by atoms with Crippen molar-refractivity contribution in [3.05, 3.63) is 131 Å². The van der Waals surface area contributed by atoms with Gasteiger partial charge in [0.25, 0.3) is 0 Å². The Kier molecular flexibility index (Phi) is 10.7. The average Bonchev–Trinajstić information content (AvgIpc) is 3.00. The lowest BCUT2D eigenvalue weighted by atomic mass is 10.0. The molecule has 0 saturated carbocycles. The number of carboxylic acids is 1. The van der Waals surface area contributed by atoms with E-state index in [9.17, 15) is 19.5 Å². The Labute approximate surface area is 245 Å². The van der Waals surface area contributed by atoms with Gasteiger partial charge in [-0.15, -0.1) is 0 Å². The first-order valence-corrected chi connectivity index (χ1v) is 13.7. The second kappa shape index (κ2) is 15.0. The minimum absolute atomic E-state index is 0.000135. The SMILES string of the molecule is CC(=O)N[C@@H](Cc1ccccc1)C(=O)N[C@@H](Cc1ccc(OCc2ccccc2)c(OCc2ccccc2)c1)C(=O)O. The monoisotopic (exact) mass is 566 g/mol. The van der Waals surface area contributed by atoms with E-state index in [0.29, 0.717) is 30.3 Å². The first-order valence-electron chi connectivity index (χ1n) is 13.7. The Bertz CT molecular complexity index is 1460. The summed E-state index contributed by atoms with van der Waals surface area (Å²) in [6, 6.07) is 31.7. The highest BCUT2D eigenvalue weighted by Crippen LogP contribution is 2.30. The van der Waals surface area contributed by atoms with E-state index in [4.69, 9.17) is 9.47 Å². The Morgan fingerprint density at radius 2 is 1.12 bits per heavy atom. The maximum absolute atomic E-state index is 13.2. The molecule has 0 fully saturated rings. The summed E-state index contributed by atoms with van der Waals surface area (Å²) in [5, 5.41) is 15.2. The van der Waals surface area contributed by atoms with Crippen LogP contribution >= 0.6 is 0 Å². The third kappa shape index (κ3) is 9.23. The molecule has 4 aromatic rings.